The highest BCUT2D eigenvalue weighted by atomic mass is 32.2. The maximum Gasteiger partial charge on any atom is 0.264 e. The Balaban J connectivity index is 1.93. The minimum Gasteiger partial charge on any atom is -0.442 e. The highest BCUT2D eigenvalue weighted by Crippen LogP contribution is 2.27. The Bertz CT molecular complexity index is 607. The molecular weight excluding hydrogens is 302 g/mol. The smallest absolute Gasteiger partial charge is 0.264 e. The standard InChI is InChI=1S/C14H21N5O2S/c1-9(2)5-8-22-14(3,4)12(20)17-13-16-10(18-19-13)11-15-6-7-21-11/h6-7,9H,5,8H2,1-4H3,(H2,16,17,18,19,20). The van der Waals surface area contributed by atoms with Gasteiger partial charge in [0.05, 0.1) is 10.9 Å². The number of carbonyl (C=O) groups excluding carboxylic acids is 1. The zero-order valence-corrected chi connectivity index (χ0v) is 14.0. The highest BCUT2D eigenvalue weighted by molar-refractivity contribution is 8.01. The first kappa shape index (κ1) is 16.5. The summed E-state index contributed by atoms with van der Waals surface area (Å²) >= 11 is 1.63. The Kier molecular flexibility index (Phi) is 5.23. The maximum absolute atomic E-state index is 12.3. The van der Waals surface area contributed by atoms with Crippen LogP contribution in [-0.2, 0) is 4.79 Å². The van der Waals surface area contributed by atoms with Gasteiger partial charge in [-0.05, 0) is 31.9 Å². The number of hydrogen-bond acceptors (Lipinski definition) is 6. The van der Waals surface area contributed by atoms with Gasteiger partial charge in [-0.25, -0.2) is 4.98 Å². The molecule has 1 amide bonds. The van der Waals surface area contributed by atoms with Crippen LogP contribution in [0.1, 0.15) is 34.1 Å². The van der Waals surface area contributed by atoms with E-state index in [1.54, 1.807) is 11.8 Å². The molecule has 2 rings (SSSR count). The second-order valence-electron chi connectivity index (χ2n) is 5.84. The lowest BCUT2D eigenvalue weighted by Crippen LogP contribution is -2.34. The van der Waals surface area contributed by atoms with E-state index in [1.165, 1.54) is 12.5 Å². The second kappa shape index (κ2) is 6.95. The molecule has 8 heteroatoms. The number of carbonyl (C=O) groups is 1. The fraction of sp³-hybridized carbons (Fsp3) is 0.571. The van der Waals surface area contributed by atoms with Gasteiger partial charge < -0.3 is 4.42 Å². The zero-order valence-electron chi connectivity index (χ0n) is 13.2. The molecule has 0 fully saturated rings. The SMILES string of the molecule is CC(C)CCSC(C)(C)C(=O)Nc1n[nH]c(-c2ncco2)n1. The first-order valence-electron chi connectivity index (χ1n) is 7.16. The number of anilines is 1. The van der Waals surface area contributed by atoms with Crippen molar-refractivity contribution in [3.8, 4) is 11.7 Å². The minimum atomic E-state index is -0.543. The Morgan fingerprint density at radius 2 is 2.27 bits per heavy atom. The van der Waals surface area contributed by atoms with Gasteiger partial charge in [-0.15, -0.1) is 16.9 Å². The van der Waals surface area contributed by atoms with Crippen molar-refractivity contribution in [2.45, 2.75) is 38.9 Å². The number of hydrogen-bond donors (Lipinski definition) is 2. The van der Waals surface area contributed by atoms with Crippen LogP contribution in [0.4, 0.5) is 5.95 Å². The molecule has 120 valence electrons. The van der Waals surface area contributed by atoms with Gasteiger partial charge >= 0.3 is 0 Å². The number of oxazole rings is 1. The van der Waals surface area contributed by atoms with Crippen LogP contribution in [-0.4, -0.2) is 36.6 Å². The van der Waals surface area contributed by atoms with Crippen molar-refractivity contribution in [1.82, 2.24) is 20.2 Å². The van der Waals surface area contributed by atoms with Gasteiger partial charge in [-0.1, -0.05) is 13.8 Å². The van der Waals surface area contributed by atoms with E-state index in [4.69, 9.17) is 4.42 Å². The third kappa shape index (κ3) is 4.33. The number of nitrogens with zero attached hydrogens (tertiary/aromatic N) is 3. The molecule has 22 heavy (non-hydrogen) atoms. The van der Waals surface area contributed by atoms with E-state index in [0.717, 1.165) is 12.2 Å². The summed E-state index contributed by atoms with van der Waals surface area (Å²) in [5.74, 6) is 2.37. The lowest BCUT2D eigenvalue weighted by atomic mass is 10.2. The molecule has 0 unspecified atom stereocenters. The van der Waals surface area contributed by atoms with Gasteiger partial charge in [0.25, 0.3) is 5.89 Å². The molecule has 0 saturated heterocycles. The summed E-state index contributed by atoms with van der Waals surface area (Å²) < 4.78 is 4.58. The molecule has 2 heterocycles. The van der Waals surface area contributed by atoms with Crippen LogP contribution >= 0.6 is 11.8 Å². The molecule has 7 nitrogen and oxygen atoms in total. The van der Waals surface area contributed by atoms with Crippen molar-refractivity contribution in [2.75, 3.05) is 11.1 Å². The van der Waals surface area contributed by atoms with Crippen molar-refractivity contribution >= 4 is 23.6 Å². The van der Waals surface area contributed by atoms with Gasteiger partial charge in [0.15, 0.2) is 0 Å². The van der Waals surface area contributed by atoms with Crippen molar-refractivity contribution in [3.63, 3.8) is 0 Å². The third-order valence-corrected chi connectivity index (χ3v) is 4.40. The number of aromatic amines is 1. The summed E-state index contributed by atoms with van der Waals surface area (Å²) in [6.45, 7) is 8.14. The van der Waals surface area contributed by atoms with Crippen LogP contribution in [0.5, 0.6) is 0 Å². The fourth-order valence-electron chi connectivity index (χ4n) is 1.62. The molecule has 0 aliphatic carbocycles. The molecule has 0 aromatic carbocycles. The predicted molar refractivity (Wildman–Crippen MR) is 86.5 cm³/mol. The molecule has 0 aliphatic rings. The molecule has 2 aromatic rings. The van der Waals surface area contributed by atoms with Gasteiger partial charge in [0, 0.05) is 0 Å². The topological polar surface area (TPSA) is 96.7 Å². The number of nitrogens with one attached hydrogen (secondary N) is 2. The summed E-state index contributed by atoms with van der Waals surface area (Å²) in [5.41, 5.74) is 0. The second-order valence-corrected chi connectivity index (χ2v) is 7.56. The Labute approximate surface area is 133 Å². The van der Waals surface area contributed by atoms with E-state index in [9.17, 15) is 4.79 Å². The molecule has 2 aromatic heterocycles. The average molecular weight is 323 g/mol. The van der Waals surface area contributed by atoms with Crippen LogP contribution < -0.4 is 5.32 Å². The number of thioether (sulfide) groups is 1. The van der Waals surface area contributed by atoms with Crippen LogP contribution in [0.15, 0.2) is 16.9 Å². The first-order valence-corrected chi connectivity index (χ1v) is 8.14. The van der Waals surface area contributed by atoms with Crippen molar-refractivity contribution in [3.05, 3.63) is 12.5 Å². The summed E-state index contributed by atoms with van der Waals surface area (Å²) in [4.78, 5) is 20.5. The summed E-state index contributed by atoms with van der Waals surface area (Å²) in [6.07, 6.45) is 4.05. The zero-order chi connectivity index (χ0) is 16.2. The van der Waals surface area contributed by atoms with Crippen LogP contribution in [0.2, 0.25) is 0 Å². The van der Waals surface area contributed by atoms with E-state index in [1.807, 2.05) is 13.8 Å². The normalized spacial score (nSPS) is 11.9. The van der Waals surface area contributed by atoms with Crippen LogP contribution in [0.25, 0.3) is 11.7 Å². The summed E-state index contributed by atoms with van der Waals surface area (Å²) in [7, 11) is 0. The molecule has 0 bridgehead atoms. The van der Waals surface area contributed by atoms with Crippen molar-refractivity contribution < 1.29 is 9.21 Å². The fourth-order valence-corrected chi connectivity index (χ4v) is 2.90. The summed E-state index contributed by atoms with van der Waals surface area (Å²) in [5, 5.41) is 9.36. The van der Waals surface area contributed by atoms with Crippen LogP contribution in [0.3, 0.4) is 0 Å². The predicted octanol–water partition coefficient (Wildman–Crippen LogP) is 2.96. The Morgan fingerprint density at radius 1 is 1.50 bits per heavy atom. The highest BCUT2D eigenvalue weighted by Gasteiger charge is 2.29. The van der Waals surface area contributed by atoms with Gasteiger partial charge in [-0.3, -0.25) is 15.2 Å². The van der Waals surface area contributed by atoms with Crippen molar-refractivity contribution in [2.24, 2.45) is 5.92 Å². The van der Waals surface area contributed by atoms with Gasteiger partial charge in [0.1, 0.15) is 6.26 Å². The molecule has 0 aliphatic heterocycles. The van der Waals surface area contributed by atoms with Gasteiger partial charge in [0.2, 0.25) is 17.7 Å². The van der Waals surface area contributed by atoms with E-state index in [0.29, 0.717) is 17.6 Å². The van der Waals surface area contributed by atoms with E-state index >= 15 is 0 Å². The lowest BCUT2D eigenvalue weighted by molar-refractivity contribution is -0.117. The van der Waals surface area contributed by atoms with Gasteiger partial charge in [-0.2, -0.15) is 4.98 Å². The number of H-pyrrole nitrogens is 1. The lowest BCUT2D eigenvalue weighted by Gasteiger charge is -2.22. The Hall–Kier alpha value is -1.83. The third-order valence-electron chi connectivity index (χ3n) is 3.05. The average Bonchev–Trinajstić information content (AvgIpc) is 3.07. The van der Waals surface area contributed by atoms with Crippen molar-refractivity contribution in [1.29, 1.82) is 0 Å². The maximum atomic E-state index is 12.3. The monoisotopic (exact) mass is 323 g/mol. The summed E-state index contributed by atoms with van der Waals surface area (Å²) in [6, 6.07) is 0. The quantitative estimate of drug-likeness (QED) is 0.813. The molecule has 0 radical (unpaired) electrons. The largest absolute Gasteiger partial charge is 0.442 e. The molecule has 0 spiro atoms. The minimum absolute atomic E-state index is 0.126. The van der Waals surface area contributed by atoms with Crippen LogP contribution in [0, 0.1) is 5.92 Å². The van der Waals surface area contributed by atoms with E-state index < -0.39 is 4.75 Å². The number of aromatic nitrogens is 4. The molecule has 2 N–H and O–H groups in total. The Morgan fingerprint density at radius 3 is 2.91 bits per heavy atom. The number of rotatable bonds is 7. The first-order chi connectivity index (χ1) is 10.4. The van der Waals surface area contributed by atoms with E-state index in [-0.39, 0.29) is 11.9 Å². The number of amides is 1. The van der Waals surface area contributed by atoms with E-state index in [2.05, 4.69) is 39.3 Å². The molecular formula is C14H21N5O2S. The molecule has 0 atom stereocenters. The molecule has 0 saturated carbocycles.